The summed E-state index contributed by atoms with van der Waals surface area (Å²) in [6.07, 6.45) is 6.13. The highest BCUT2D eigenvalue weighted by Gasteiger charge is 2.27. The van der Waals surface area contributed by atoms with Crippen LogP contribution < -0.4 is 10.6 Å². The lowest BCUT2D eigenvalue weighted by molar-refractivity contribution is 0.0528. The van der Waals surface area contributed by atoms with E-state index in [0.29, 0.717) is 18.2 Å². The normalized spacial score (nSPS) is 16.3. The molecule has 0 unspecified atom stereocenters. The molecular weight excluding hydrogens is 262 g/mol. The van der Waals surface area contributed by atoms with Crippen molar-refractivity contribution in [2.24, 2.45) is 0 Å². The number of esters is 1. The van der Waals surface area contributed by atoms with Gasteiger partial charge in [-0.2, -0.15) is 4.37 Å². The summed E-state index contributed by atoms with van der Waals surface area (Å²) in [6.45, 7) is 2.14. The lowest BCUT2D eigenvalue weighted by atomic mass is 9.94. The van der Waals surface area contributed by atoms with Crippen molar-refractivity contribution >= 4 is 28.3 Å². The van der Waals surface area contributed by atoms with Crippen LogP contribution >= 0.6 is 11.5 Å². The summed E-state index contributed by atoms with van der Waals surface area (Å²) < 4.78 is 9.18. The van der Waals surface area contributed by atoms with Crippen molar-refractivity contribution in [2.45, 2.75) is 45.1 Å². The summed E-state index contributed by atoms with van der Waals surface area (Å²) in [4.78, 5) is 14.1. The lowest BCUT2D eigenvalue weighted by Gasteiger charge is -2.32. The molecule has 5 nitrogen and oxygen atoms in total. The van der Waals surface area contributed by atoms with Crippen molar-refractivity contribution in [1.82, 2.24) is 4.37 Å². The third-order valence-electron chi connectivity index (χ3n) is 3.62. The average molecular weight is 283 g/mol. The van der Waals surface area contributed by atoms with E-state index in [1.165, 1.54) is 30.8 Å². The van der Waals surface area contributed by atoms with Crippen LogP contribution in [0.2, 0.25) is 0 Å². The van der Waals surface area contributed by atoms with E-state index in [4.69, 9.17) is 10.5 Å². The number of nitrogens with zero attached hydrogens (tertiary/aromatic N) is 2. The smallest absolute Gasteiger partial charge is 0.345 e. The van der Waals surface area contributed by atoms with Gasteiger partial charge in [-0.3, -0.25) is 0 Å². The number of ether oxygens (including phenoxy) is 1. The van der Waals surface area contributed by atoms with Gasteiger partial charge in [0.1, 0.15) is 10.6 Å². The van der Waals surface area contributed by atoms with Crippen molar-refractivity contribution in [1.29, 1.82) is 0 Å². The maximum Gasteiger partial charge on any atom is 0.345 e. The molecule has 6 heteroatoms. The van der Waals surface area contributed by atoms with Crippen LogP contribution in [0.15, 0.2) is 0 Å². The Morgan fingerprint density at radius 3 is 2.79 bits per heavy atom. The molecule has 2 N–H and O–H groups in total. The van der Waals surface area contributed by atoms with E-state index in [1.54, 1.807) is 6.92 Å². The summed E-state index contributed by atoms with van der Waals surface area (Å²) in [7, 11) is 2.02. The fraction of sp³-hybridized carbons (Fsp3) is 0.692. The number of carbonyl (C=O) groups excluding carboxylic acids is 1. The Morgan fingerprint density at radius 1 is 1.47 bits per heavy atom. The van der Waals surface area contributed by atoms with E-state index in [9.17, 15) is 4.79 Å². The number of aromatic nitrogens is 1. The van der Waals surface area contributed by atoms with Gasteiger partial charge in [0.05, 0.1) is 6.61 Å². The summed E-state index contributed by atoms with van der Waals surface area (Å²) in [5, 5.41) is 0.836. The monoisotopic (exact) mass is 283 g/mol. The van der Waals surface area contributed by atoms with E-state index in [1.807, 2.05) is 7.05 Å². The Labute approximate surface area is 117 Å². The minimum atomic E-state index is -0.369. The molecule has 106 valence electrons. The molecular formula is C13H21N3O2S. The van der Waals surface area contributed by atoms with Crippen LogP contribution in [-0.2, 0) is 4.74 Å². The predicted octanol–water partition coefficient (Wildman–Crippen LogP) is 2.67. The fourth-order valence-electron chi connectivity index (χ4n) is 2.56. The highest BCUT2D eigenvalue weighted by atomic mass is 32.1. The standard InChI is InChI=1S/C13H21N3O2S/c1-3-18-13(17)10-11(14)15-19-12(10)16(2)9-7-5-4-6-8-9/h9H,3-8H2,1-2H3,(H2,14,15). The van der Waals surface area contributed by atoms with Gasteiger partial charge >= 0.3 is 5.97 Å². The Morgan fingerprint density at radius 2 is 2.16 bits per heavy atom. The number of carbonyl (C=O) groups is 1. The number of hydrogen-bond acceptors (Lipinski definition) is 6. The molecule has 1 aromatic rings. The Hall–Kier alpha value is -1.30. The lowest BCUT2D eigenvalue weighted by Crippen LogP contribution is -2.33. The van der Waals surface area contributed by atoms with Gasteiger partial charge in [0.15, 0.2) is 5.82 Å². The molecule has 0 spiro atoms. The summed E-state index contributed by atoms with van der Waals surface area (Å²) in [5.74, 6) is -0.0903. The molecule has 0 atom stereocenters. The molecule has 0 saturated heterocycles. The minimum absolute atomic E-state index is 0.279. The van der Waals surface area contributed by atoms with Crippen LogP contribution in [0.5, 0.6) is 0 Å². The Bertz CT molecular complexity index is 441. The van der Waals surface area contributed by atoms with Gasteiger partial charge in [0.25, 0.3) is 0 Å². The largest absolute Gasteiger partial charge is 0.462 e. The molecule has 0 bridgehead atoms. The van der Waals surface area contributed by atoms with Gasteiger partial charge in [-0.25, -0.2) is 4.79 Å². The number of rotatable bonds is 4. The molecule has 1 fully saturated rings. The van der Waals surface area contributed by atoms with Crippen LogP contribution in [-0.4, -0.2) is 30.0 Å². The fourth-order valence-corrected chi connectivity index (χ4v) is 3.40. The van der Waals surface area contributed by atoms with Crippen molar-refractivity contribution in [3.63, 3.8) is 0 Å². The molecule has 1 aliphatic rings. The van der Waals surface area contributed by atoms with Gasteiger partial charge in [-0.15, -0.1) is 0 Å². The number of nitrogens with two attached hydrogens (primary N) is 1. The van der Waals surface area contributed by atoms with Gasteiger partial charge in [-0.05, 0) is 31.3 Å². The highest BCUT2D eigenvalue weighted by Crippen LogP contribution is 2.34. The zero-order valence-corrected chi connectivity index (χ0v) is 12.3. The highest BCUT2D eigenvalue weighted by molar-refractivity contribution is 7.11. The first-order valence-corrected chi connectivity index (χ1v) is 7.57. The maximum atomic E-state index is 12.0. The Balaban J connectivity index is 2.21. The second kappa shape index (κ2) is 6.23. The SMILES string of the molecule is CCOC(=O)c1c(N)nsc1N(C)C1CCCCC1. The third-order valence-corrected chi connectivity index (χ3v) is 4.58. The van der Waals surface area contributed by atoms with Gasteiger partial charge in [-0.1, -0.05) is 19.3 Å². The van der Waals surface area contributed by atoms with Crippen molar-refractivity contribution < 1.29 is 9.53 Å². The first kappa shape index (κ1) is 14.1. The molecule has 0 amide bonds. The molecule has 0 aromatic carbocycles. The second-order valence-corrected chi connectivity index (χ2v) is 5.62. The van der Waals surface area contributed by atoms with Gasteiger partial charge in [0, 0.05) is 13.1 Å². The zero-order chi connectivity index (χ0) is 13.8. The van der Waals surface area contributed by atoms with Gasteiger partial charge < -0.3 is 15.4 Å². The summed E-state index contributed by atoms with van der Waals surface area (Å²) >= 11 is 1.28. The van der Waals surface area contributed by atoms with E-state index in [-0.39, 0.29) is 11.8 Å². The van der Waals surface area contributed by atoms with Crippen LogP contribution in [0.25, 0.3) is 0 Å². The first-order chi connectivity index (χ1) is 9.15. The van der Waals surface area contributed by atoms with E-state index < -0.39 is 0 Å². The quantitative estimate of drug-likeness (QED) is 0.860. The van der Waals surface area contributed by atoms with Crippen LogP contribution in [0.4, 0.5) is 10.8 Å². The number of hydrogen-bond donors (Lipinski definition) is 1. The van der Waals surface area contributed by atoms with Crippen molar-refractivity contribution in [3.8, 4) is 0 Å². The molecule has 0 radical (unpaired) electrons. The molecule has 1 aliphatic carbocycles. The summed E-state index contributed by atoms with van der Waals surface area (Å²) in [6, 6.07) is 0.474. The predicted molar refractivity (Wildman–Crippen MR) is 77.8 cm³/mol. The molecule has 1 heterocycles. The van der Waals surface area contributed by atoms with E-state index in [0.717, 1.165) is 17.8 Å². The van der Waals surface area contributed by atoms with E-state index in [2.05, 4.69) is 9.27 Å². The molecule has 19 heavy (non-hydrogen) atoms. The first-order valence-electron chi connectivity index (χ1n) is 6.80. The number of anilines is 2. The van der Waals surface area contributed by atoms with Crippen molar-refractivity contribution in [2.75, 3.05) is 24.3 Å². The summed E-state index contributed by atoms with van der Waals surface area (Å²) in [5.41, 5.74) is 6.24. The Kier molecular flexibility index (Phi) is 4.63. The molecule has 2 rings (SSSR count). The third kappa shape index (κ3) is 3.00. The average Bonchev–Trinajstić information content (AvgIpc) is 2.81. The van der Waals surface area contributed by atoms with Gasteiger partial charge in [0.2, 0.25) is 0 Å². The van der Waals surface area contributed by atoms with E-state index >= 15 is 0 Å². The van der Waals surface area contributed by atoms with Crippen LogP contribution in [0, 0.1) is 0 Å². The van der Waals surface area contributed by atoms with Crippen LogP contribution in [0.3, 0.4) is 0 Å². The van der Waals surface area contributed by atoms with Crippen molar-refractivity contribution in [3.05, 3.63) is 5.56 Å². The topological polar surface area (TPSA) is 68.5 Å². The molecule has 1 aromatic heterocycles. The maximum absolute atomic E-state index is 12.0. The number of nitrogen functional groups attached to an aromatic ring is 1. The van der Waals surface area contributed by atoms with Crippen LogP contribution in [0.1, 0.15) is 49.4 Å². The minimum Gasteiger partial charge on any atom is -0.462 e. The zero-order valence-electron chi connectivity index (χ0n) is 11.5. The second-order valence-electron chi connectivity index (χ2n) is 4.87. The molecule has 1 saturated carbocycles. The molecule has 0 aliphatic heterocycles.